The maximum Gasteiger partial charge on any atom is 0.140 e. The van der Waals surface area contributed by atoms with E-state index < -0.39 is 5.41 Å². The summed E-state index contributed by atoms with van der Waals surface area (Å²) in [4.78, 5) is 2.52. The minimum absolute atomic E-state index is 0.136. The van der Waals surface area contributed by atoms with Gasteiger partial charge in [0, 0.05) is 56.6 Å². The predicted molar refractivity (Wildman–Crippen MR) is 208 cm³/mol. The Kier molecular flexibility index (Phi) is 6.42. The Morgan fingerprint density at radius 1 is 0.538 bits per heavy atom. The molecule has 0 radical (unpaired) electrons. The van der Waals surface area contributed by atoms with Crippen molar-refractivity contribution in [3.05, 3.63) is 221 Å². The fourth-order valence-corrected chi connectivity index (χ4v) is 9.57. The molecule has 0 N–H and O–H groups in total. The highest BCUT2D eigenvalue weighted by Crippen LogP contribution is 2.64. The summed E-state index contributed by atoms with van der Waals surface area (Å²) in [6.45, 7) is 0. The highest BCUT2D eigenvalue weighted by atomic mass is 16.5. The highest BCUT2D eigenvalue weighted by molar-refractivity contribution is 5.82. The lowest BCUT2D eigenvalue weighted by molar-refractivity contribution is 0.396. The van der Waals surface area contributed by atoms with Crippen molar-refractivity contribution >= 4 is 5.69 Å². The molecule has 3 heterocycles. The fourth-order valence-electron chi connectivity index (χ4n) is 9.57. The van der Waals surface area contributed by atoms with Gasteiger partial charge in [-0.3, -0.25) is 0 Å². The zero-order chi connectivity index (χ0) is 34.2. The van der Waals surface area contributed by atoms with E-state index in [4.69, 9.17) is 9.47 Å². The van der Waals surface area contributed by atoms with Crippen LogP contribution in [0, 0.1) is 5.92 Å². The number of para-hydroxylation sites is 5. The average molecular weight is 670 g/mol. The number of ether oxygens (including phenoxy) is 2. The maximum absolute atomic E-state index is 7.39. The van der Waals surface area contributed by atoms with Crippen molar-refractivity contribution in [2.45, 2.75) is 23.8 Å². The first-order valence-corrected chi connectivity index (χ1v) is 18.3. The zero-order valence-corrected chi connectivity index (χ0v) is 28.5. The van der Waals surface area contributed by atoms with Crippen LogP contribution in [0.25, 0.3) is 11.1 Å². The molecule has 5 aliphatic rings. The molecule has 11 rings (SSSR count). The summed E-state index contributed by atoms with van der Waals surface area (Å²) in [5.74, 6) is 4.04. The van der Waals surface area contributed by atoms with Gasteiger partial charge in [0.2, 0.25) is 0 Å². The number of hydrogen-bond acceptors (Lipinski definition) is 3. The molecule has 1 spiro atoms. The summed E-state index contributed by atoms with van der Waals surface area (Å²) in [5, 5.41) is 0. The Labute approximate surface area is 304 Å². The van der Waals surface area contributed by atoms with Crippen LogP contribution in [0.3, 0.4) is 0 Å². The molecule has 3 atom stereocenters. The standard InChI is InChI=1S/C49H35NO2/c1-3-15-32(16-4-1)35-20-13-24-41-47(35)52-48-36(21-14-25-42(48)49(41)39-22-8-11-27-45(39)51-46-28-12-9-23-40(46)49)33-29-30-44-38(31-33)37-19-7-10-26-43(37)50(44)34-17-5-2-6-18-34/h1-30,33,37,43H,31H2. The molecule has 52 heavy (non-hydrogen) atoms. The van der Waals surface area contributed by atoms with Crippen LogP contribution in [0.4, 0.5) is 5.69 Å². The SMILES string of the molecule is C1=CC2C3=C(C=CC(c4cccc5c4Oc4c(-c6ccccc6)cccc4C54c5ccccc5Oc5ccccc54)C3)N(c3ccccc3)C2C=C1. The summed E-state index contributed by atoms with van der Waals surface area (Å²) in [5.41, 5.74) is 11.3. The van der Waals surface area contributed by atoms with Crippen LogP contribution in [0.2, 0.25) is 0 Å². The van der Waals surface area contributed by atoms with Gasteiger partial charge in [-0.1, -0.05) is 152 Å². The first-order valence-electron chi connectivity index (χ1n) is 18.3. The van der Waals surface area contributed by atoms with E-state index in [9.17, 15) is 0 Å². The Morgan fingerprint density at radius 3 is 1.94 bits per heavy atom. The summed E-state index contributed by atoms with van der Waals surface area (Å²) < 4.78 is 14.1. The molecule has 6 aromatic rings. The van der Waals surface area contributed by atoms with Gasteiger partial charge in [-0.25, -0.2) is 0 Å². The summed E-state index contributed by atoms with van der Waals surface area (Å²) in [7, 11) is 0. The quantitative estimate of drug-likeness (QED) is 0.187. The third-order valence-electron chi connectivity index (χ3n) is 11.7. The van der Waals surface area contributed by atoms with Gasteiger partial charge in [0.25, 0.3) is 0 Å². The third kappa shape index (κ3) is 4.08. The first kappa shape index (κ1) is 29.4. The normalized spacial score (nSPS) is 20.9. The van der Waals surface area contributed by atoms with Gasteiger partial charge in [0.05, 0.1) is 11.5 Å². The molecular formula is C49H35NO2. The molecule has 0 bridgehead atoms. The van der Waals surface area contributed by atoms with Crippen LogP contribution in [-0.4, -0.2) is 6.04 Å². The highest BCUT2D eigenvalue weighted by Gasteiger charge is 2.52. The van der Waals surface area contributed by atoms with E-state index in [-0.39, 0.29) is 12.0 Å². The number of anilines is 1. The minimum Gasteiger partial charge on any atom is -0.457 e. The summed E-state index contributed by atoms with van der Waals surface area (Å²) in [6, 6.07) is 52.3. The van der Waals surface area contributed by atoms with Crippen molar-refractivity contribution in [2.24, 2.45) is 5.92 Å². The fraction of sp³-hybridized carbons (Fsp3) is 0.102. The topological polar surface area (TPSA) is 21.7 Å². The van der Waals surface area contributed by atoms with Crippen molar-refractivity contribution < 1.29 is 9.47 Å². The number of rotatable bonds is 3. The Hall–Kier alpha value is -6.32. The molecule has 248 valence electrons. The minimum atomic E-state index is -0.655. The van der Waals surface area contributed by atoms with Gasteiger partial charge < -0.3 is 14.4 Å². The van der Waals surface area contributed by atoms with Crippen molar-refractivity contribution in [3.63, 3.8) is 0 Å². The molecule has 0 saturated heterocycles. The van der Waals surface area contributed by atoms with E-state index in [1.165, 1.54) is 22.5 Å². The van der Waals surface area contributed by atoms with Crippen molar-refractivity contribution in [1.82, 2.24) is 0 Å². The number of hydrogen-bond donors (Lipinski definition) is 0. The molecule has 0 amide bonds. The second-order valence-corrected chi connectivity index (χ2v) is 14.3. The number of nitrogens with zero attached hydrogens (tertiary/aromatic N) is 1. The van der Waals surface area contributed by atoms with Gasteiger partial charge in [0.15, 0.2) is 0 Å². The molecule has 6 aromatic carbocycles. The average Bonchev–Trinajstić information content (AvgIpc) is 3.55. The van der Waals surface area contributed by atoms with Crippen molar-refractivity contribution in [1.29, 1.82) is 0 Å². The smallest absolute Gasteiger partial charge is 0.140 e. The molecule has 0 saturated carbocycles. The molecule has 3 heteroatoms. The number of fused-ring (bicyclic) bond motifs is 10. The van der Waals surface area contributed by atoms with Crippen LogP contribution in [0.15, 0.2) is 193 Å². The van der Waals surface area contributed by atoms with Crippen LogP contribution in [0.1, 0.15) is 40.2 Å². The summed E-state index contributed by atoms with van der Waals surface area (Å²) in [6.07, 6.45) is 14.9. The monoisotopic (exact) mass is 669 g/mol. The molecule has 2 aliphatic carbocycles. The molecule has 3 nitrogen and oxygen atoms in total. The van der Waals surface area contributed by atoms with Crippen LogP contribution in [0.5, 0.6) is 23.0 Å². The second kappa shape index (κ2) is 11.3. The van der Waals surface area contributed by atoms with Gasteiger partial charge in [-0.05, 0) is 47.9 Å². The molecule has 3 unspecified atom stereocenters. The molecular weight excluding hydrogens is 635 g/mol. The number of benzene rings is 6. The Bertz CT molecular complexity index is 2480. The van der Waals surface area contributed by atoms with E-state index >= 15 is 0 Å². The largest absolute Gasteiger partial charge is 0.457 e. The second-order valence-electron chi connectivity index (χ2n) is 14.3. The lowest BCUT2D eigenvalue weighted by atomic mass is 9.61. The predicted octanol–water partition coefficient (Wildman–Crippen LogP) is 11.9. The number of allylic oxidation sites excluding steroid dienone is 4. The van der Waals surface area contributed by atoms with E-state index in [0.717, 1.165) is 62.8 Å². The van der Waals surface area contributed by atoms with Gasteiger partial charge >= 0.3 is 0 Å². The lowest BCUT2D eigenvalue weighted by Crippen LogP contribution is -2.37. The third-order valence-corrected chi connectivity index (χ3v) is 11.7. The van der Waals surface area contributed by atoms with Crippen LogP contribution >= 0.6 is 0 Å². The van der Waals surface area contributed by atoms with Crippen LogP contribution in [-0.2, 0) is 5.41 Å². The van der Waals surface area contributed by atoms with E-state index in [1.54, 1.807) is 0 Å². The maximum atomic E-state index is 7.39. The van der Waals surface area contributed by atoms with E-state index in [0.29, 0.717) is 5.92 Å². The summed E-state index contributed by atoms with van der Waals surface area (Å²) >= 11 is 0. The van der Waals surface area contributed by atoms with Gasteiger partial charge in [0.1, 0.15) is 23.0 Å². The molecule has 3 aliphatic heterocycles. The lowest BCUT2D eigenvalue weighted by Gasteiger charge is -2.46. The van der Waals surface area contributed by atoms with E-state index in [1.807, 2.05) is 0 Å². The first-order chi connectivity index (χ1) is 25.8. The van der Waals surface area contributed by atoms with Gasteiger partial charge in [-0.2, -0.15) is 0 Å². The Balaban J connectivity index is 1.13. The van der Waals surface area contributed by atoms with Crippen molar-refractivity contribution in [2.75, 3.05) is 4.90 Å². The molecule has 0 aromatic heterocycles. The molecule has 0 fully saturated rings. The van der Waals surface area contributed by atoms with E-state index in [2.05, 4.69) is 187 Å². The zero-order valence-electron chi connectivity index (χ0n) is 28.5. The Morgan fingerprint density at radius 2 is 1.17 bits per heavy atom. The van der Waals surface area contributed by atoms with Gasteiger partial charge in [-0.15, -0.1) is 0 Å². The van der Waals surface area contributed by atoms with Crippen LogP contribution < -0.4 is 14.4 Å². The van der Waals surface area contributed by atoms with Crippen molar-refractivity contribution in [3.8, 4) is 34.1 Å².